The van der Waals surface area contributed by atoms with Gasteiger partial charge in [0.05, 0.1) is 12.4 Å². The number of benzene rings is 2. The zero-order valence-electron chi connectivity index (χ0n) is 19.1. The van der Waals surface area contributed by atoms with Crippen LogP contribution in [0, 0.1) is 0 Å². The molecule has 0 saturated heterocycles. The van der Waals surface area contributed by atoms with Crippen molar-refractivity contribution >= 4 is 16.0 Å². The van der Waals surface area contributed by atoms with Gasteiger partial charge in [0, 0.05) is 33.2 Å². The van der Waals surface area contributed by atoms with Gasteiger partial charge in [0.25, 0.3) is 0 Å². The molecule has 0 aliphatic heterocycles. The number of aliphatic imine (C=N–C) groups is 1. The fourth-order valence-corrected chi connectivity index (χ4v) is 4.73. The van der Waals surface area contributed by atoms with Crippen molar-refractivity contribution in [1.29, 1.82) is 0 Å². The number of rotatable bonds is 10. The van der Waals surface area contributed by atoms with Crippen LogP contribution in [0.3, 0.4) is 0 Å². The van der Waals surface area contributed by atoms with E-state index in [0.717, 1.165) is 28.4 Å². The summed E-state index contributed by atoms with van der Waals surface area (Å²) in [6.45, 7) is 7.40. The lowest BCUT2D eigenvalue weighted by molar-refractivity contribution is 0.340. The highest BCUT2D eigenvalue weighted by Crippen LogP contribution is 2.15. The predicted molar refractivity (Wildman–Crippen MR) is 127 cm³/mol. The Morgan fingerprint density at radius 3 is 2.32 bits per heavy atom. The summed E-state index contributed by atoms with van der Waals surface area (Å²) in [4.78, 5) is 6.39. The standard InChI is InChI=1S/C23H34N4O3S/c1-6-30-22-13-11-19(12-14-22)16-27(5)23(24-4)25-15-20-9-7-8-10-21(20)17-31(28,29)26-18(2)3/h7-14,18,26H,6,15-17H2,1-5H3,(H,24,25). The van der Waals surface area contributed by atoms with Gasteiger partial charge in [0.1, 0.15) is 5.75 Å². The zero-order valence-corrected chi connectivity index (χ0v) is 19.9. The van der Waals surface area contributed by atoms with Crippen LogP contribution in [0.2, 0.25) is 0 Å². The molecule has 0 atom stereocenters. The summed E-state index contributed by atoms with van der Waals surface area (Å²) < 4.78 is 32.9. The summed E-state index contributed by atoms with van der Waals surface area (Å²) in [7, 11) is 0.309. The minimum Gasteiger partial charge on any atom is -0.494 e. The van der Waals surface area contributed by atoms with Gasteiger partial charge in [-0.1, -0.05) is 36.4 Å². The van der Waals surface area contributed by atoms with E-state index in [-0.39, 0.29) is 11.8 Å². The normalized spacial score (nSPS) is 12.1. The lowest BCUT2D eigenvalue weighted by atomic mass is 10.1. The molecule has 2 aromatic rings. The van der Waals surface area contributed by atoms with E-state index >= 15 is 0 Å². The molecule has 0 aromatic heterocycles. The highest BCUT2D eigenvalue weighted by atomic mass is 32.2. The Kier molecular flexibility index (Phi) is 9.33. The maximum atomic E-state index is 12.4. The average Bonchev–Trinajstić information content (AvgIpc) is 2.70. The second kappa shape index (κ2) is 11.7. The molecule has 7 nitrogen and oxygen atoms in total. The maximum Gasteiger partial charge on any atom is 0.216 e. The van der Waals surface area contributed by atoms with E-state index in [1.807, 2.05) is 81.2 Å². The Labute approximate surface area is 186 Å². The Morgan fingerprint density at radius 2 is 1.74 bits per heavy atom. The van der Waals surface area contributed by atoms with Crippen molar-refractivity contribution in [2.24, 2.45) is 4.99 Å². The largest absolute Gasteiger partial charge is 0.494 e. The van der Waals surface area contributed by atoms with Gasteiger partial charge in [0.2, 0.25) is 10.0 Å². The van der Waals surface area contributed by atoms with Gasteiger partial charge in [0.15, 0.2) is 5.96 Å². The van der Waals surface area contributed by atoms with Crippen LogP contribution in [-0.4, -0.2) is 46.0 Å². The predicted octanol–water partition coefficient (Wildman–Crippen LogP) is 3.12. The summed E-state index contributed by atoms with van der Waals surface area (Å²) in [6, 6.07) is 15.4. The van der Waals surface area contributed by atoms with Crippen molar-refractivity contribution < 1.29 is 13.2 Å². The van der Waals surface area contributed by atoms with Crippen molar-refractivity contribution in [3.8, 4) is 5.75 Å². The molecule has 0 saturated carbocycles. The van der Waals surface area contributed by atoms with E-state index in [4.69, 9.17) is 4.74 Å². The van der Waals surface area contributed by atoms with Crippen LogP contribution in [0.4, 0.5) is 0 Å². The third-order valence-corrected chi connectivity index (χ3v) is 6.07. The Bertz CT molecular complexity index is 957. The Balaban J connectivity index is 2.02. The second-order valence-corrected chi connectivity index (χ2v) is 9.39. The van der Waals surface area contributed by atoms with Gasteiger partial charge < -0.3 is 15.0 Å². The first-order valence-corrected chi connectivity index (χ1v) is 12.1. The molecule has 0 fully saturated rings. The molecule has 8 heteroatoms. The topological polar surface area (TPSA) is 83.0 Å². The molecule has 0 bridgehead atoms. The van der Waals surface area contributed by atoms with E-state index in [1.165, 1.54) is 0 Å². The van der Waals surface area contributed by atoms with Gasteiger partial charge in [-0.15, -0.1) is 0 Å². The molecule has 170 valence electrons. The molecule has 0 aliphatic rings. The molecule has 31 heavy (non-hydrogen) atoms. The van der Waals surface area contributed by atoms with Crippen molar-refractivity contribution in [3.05, 3.63) is 65.2 Å². The van der Waals surface area contributed by atoms with Gasteiger partial charge in [-0.25, -0.2) is 13.1 Å². The van der Waals surface area contributed by atoms with Crippen molar-refractivity contribution in [2.75, 3.05) is 20.7 Å². The second-order valence-electron chi connectivity index (χ2n) is 7.63. The minimum atomic E-state index is -3.39. The molecule has 0 heterocycles. The average molecular weight is 447 g/mol. The van der Waals surface area contributed by atoms with Crippen LogP contribution in [0.25, 0.3) is 0 Å². The quantitative estimate of drug-likeness (QED) is 0.433. The molecule has 2 N–H and O–H groups in total. The van der Waals surface area contributed by atoms with Crippen LogP contribution >= 0.6 is 0 Å². The molecular formula is C23H34N4O3S. The molecular weight excluding hydrogens is 412 g/mol. The molecule has 0 amide bonds. The van der Waals surface area contributed by atoms with E-state index in [0.29, 0.717) is 19.7 Å². The lowest BCUT2D eigenvalue weighted by Crippen LogP contribution is -2.38. The number of hydrogen-bond acceptors (Lipinski definition) is 4. The fourth-order valence-electron chi connectivity index (χ4n) is 3.24. The highest BCUT2D eigenvalue weighted by Gasteiger charge is 2.16. The van der Waals surface area contributed by atoms with Gasteiger partial charge >= 0.3 is 0 Å². The molecule has 2 aromatic carbocycles. The smallest absolute Gasteiger partial charge is 0.216 e. The first-order valence-electron chi connectivity index (χ1n) is 10.4. The van der Waals surface area contributed by atoms with Crippen LogP contribution in [0.1, 0.15) is 37.5 Å². The van der Waals surface area contributed by atoms with Crippen molar-refractivity contribution in [3.63, 3.8) is 0 Å². The molecule has 0 radical (unpaired) electrons. The van der Waals surface area contributed by atoms with E-state index < -0.39 is 10.0 Å². The Morgan fingerprint density at radius 1 is 1.10 bits per heavy atom. The van der Waals surface area contributed by atoms with Crippen molar-refractivity contribution in [1.82, 2.24) is 14.9 Å². The first kappa shape index (κ1) is 24.7. The first-order chi connectivity index (χ1) is 14.7. The number of nitrogens with one attached hydrogen (secondary N) is 2. The third-order valence-electron chi connectivity index (χ3n) is 4.54. The third kappa shape index (κ3) is 8.22. The summed E-state index contributed by atoms with van der Waals surface area (Å²) in [5.74, 6) is 1.53. The van der Waals surface area contributed by atoms with Gasteiger partial charge in [-0.05, 0) is 49.6 Å². The lowest BCUT2D eigenvalue weighted by Gasteiger charge is -2.23. The van der Waals surface area contributed by atoms with E-state index in [1.54, 1.807) is 7.05 Å². The SMILES string of the molecule is CCOc1ccc(CN(C)C(=NC)NCc2ccccc2CS(=O)(=O)NC(C)C)cc1. The molecule has 0 unspecified atom stereocenters. The summed E-state index contributed by atoms with van der Waals surface area (Å²) in [5.41, 5.74) is 2.83. The van der Waals surface area contributed by atoms with E-state index in [9.17, 15) is 8.42 Å². The van der Waals surface area contributed by atoms with Crippen LogP contribution in [-0.2, 0) is 28.9 Å². The number of ether oxygens (including phenoxy) is 1. The summed E-state index contributed by atoms with van der Waals surface area (Å²) in [6.07, 6.45) is 0. The monoisotopic (exact) mass is 446 g/mol. The molecule has 0 aliphatic carbocycles. The van der Waals surface area contributed by atoms with Crippen LogP contribution < -0.4 is 14.8 Å². The molecule has 0 spiro atoms. The number of sulfonamides is 1. The number of hydrogen-bond donors (Lipinski definition) is 2. The van der Waals surface area contributed by atoms with Crippen LogP contribution in [0.15, 0.2) is 53.5 Å². The Hall–Kier alpha value is -2.58. The number of guanidine groups is 1. The summed E-state index contributed by atoms with van der Waals surface area (Å²) in [5, 5.41) is 3.34. The van der Waals surface area contributed by atoms with Crippen LogP contribution in [0.5, 0.6) is 5.75 Å². The highest BCUT2D eigenvalue weighted by molar-refractivity contribution is 7.88. The molecule has 2 rings (SSSR count). The minimum absolute atomic E-state index is 0.0519. The van der Waals surface area contributed by atoms with E-state index in [2.05, 4.69) is 15.0 Å². The zero-order chi connectivity index (χ0) is 22.9. The summed E-state index contributed by atoms with van der Waals surface area (Å²) >= 11 is 0. The fraction of sp³-hybridized carbons (Fsp3) is 0.435. The number of nitrogens with zero attached hydrogens (tertiary/aromatic N) is 2. The maximum absolute atomic E-state index is 12.4. The van der Waals surface area contributed by atoms with Crippen molar-refractivity contribution in [2.45, 2.75) is 45.7 Å². The van der Waals surface area contributed by atoms with Gasteiger partial charge in [-0.2, -0.15) is 0 Å². The van der Waals surface area contributed by atoms with Gasteiger partial charge in [-0.3, -0.25) is 4.99 Å².